The van der Waals surface area contributed by atoms with Crippen LogP contribution in [0.3, 0.4) is 0 Å². The minimum absolute atomic E-state index is 0.140. The molecule has 0 unspecified atom stereocenters. The first-order chi connectivity index (χ1) is 7.00. The van der Waals surface area contributed by atoms with Gasteiger partial charge in [0.15, 0.2) is 0 Å². The number of benzene rings is 1. The fourth-order valence-corrected chi connectivity index (χ4v) is 1.11. The van der Waals surface area contributed by atoms with Crippen molar-refractivity contribution in [3.63, 3.8) is 0 Å². The molecular weight excluding hydrogens is 200 g/mol. The zero-order valence-electron chi connectivity index (χ0n) is 7.91. The Morgan fingerprint density at radius 2 is 1.93 bits per heavy atom. The molecule has 15 heavy (non-hydrogen) atoms. The SMILES string of the molecule is Cc1ccc([N+](=O)[O-])c(/C=C/[N+](=O)[O-])c1. The first-order valence-electron chi connectivity index (χ1n) is 4.07. The van der Waals surface area contributed by atoms with Crippen molar-refractivity contribution in [1.29, 1.82) is 0 Å². The average Bonchev–Trinajstić information content (AvgIpc) is 2.14. The average molecular weight is 208 g/mol. The van der Waals surface area contributed by atoms with E-state index in [-0.39, 0.29) is 11.3 Å². The summed E-state index contributed by atoms with van der Waals surface area (Å²) in [5.74, 6) is 0. The van der Waals surface area contributed by atoms with Gasteiger partial charge in [-0.05, 0) is 13.0 Å². The predicted octanol–water partition coefficient (Wildman–Crippen LogP) is 2.15. The van der Waals surface area contributed by atoms with Gasteiger partial charge in [-0.3, -0.25) is 20.2 Å². The Morgan fingerprint density at radius 1 is 1.27 bits per heavy atom. The van der Waals surface area contributed by atoms with Crippen LogP contribution in [0.25, 0.3) is 6.08 Å². The van der Waals surface area contributed by atoms with Gasteiger partial charge in [0.25, 0.3) is 5.69 Å². The Morgan fingerprint density at radius 3 is 2.47 bits per heavy atom. The maximum absolute atomic E-state index is 10.6. The van der Waals surface area contributed by atoms with E-state index in [0.717, 1.165) is 11.6 Å². The van der Waals surface area contributed by atoms with E-state index >= 15 is 0 Å². The topological polar surface area (TPSA) is 86.3 Å². The molecule has 0 amide bonds. The van der Waals surface area contributed by atoms with Gasteiger partial charge in [0.2, 0.25) is 6.20 Å². The zero-order valence-corrected chi connectivity index (χ0v) is 7.91. The molecular formula is C9H8N2O4. The van der Waals surface area contributed by atoms with Crippen molar-refractivity contribution in [2.24, 2.45) is 0 Å². The van der Waals surface area contributed by atoms with E-state index in [0.29, 0.717) is 6.20 Å². The highest BCUT2D eigenvalue weighted by molar-refractivity contribution is 5.61. The normalized spacial score (nSPS) is 10.5. The molecule has 0 bridgehead atoms. The molecule has 1 aromatic carbocycles. The fourth-order valence-electron chi connectivity index (χ4n) is 1.11. The van der Waals surface area contributed by atoms with Crippen molar-refractivity contribution < 1.29 is 9.85 Å². The first-order valence-corrected chi connectivity index (χ1v) is 4.07. The molecule has 1 rings (SSSR count). The van der Waals surface area contributed by atoms with Gasteiger partial charge < -0.3 is 0 Å². The summed E-state index contributed by atoms with van der Waals surface area (Å²) in [6.45, 7) is 1.76. The number of rotatable bonds is 3. The van der Waals surface area contributed by atoms with Crippen LogP contribution < -0.4 is 0 Å². The van der Waals surface area contributed by atoms with Crippen molar-refractivity contribution >= 4 is 11.8 Å². The molecule has 6 heteroatoms. The molecule has 0 spiro atoms. The third kappa shape index (κ3) is 2.87. The molecule has 0 atom stereocenters. The van der Waals surface area contributed by atoms with E-state index in [1.54, 1.807) is 13.0 Å². The summed E-state index contributed by atoms with van der Waals surface area (Å²) in [6.07, 6.45) is 1.80. The summed E-state index contributed by atoms with van der Waals surface area (Å²) in [4.78, 5) is 19.4. The number of hydrogen-bond donors (Lipinski definition) is 0. The van der Waals surface area contributed by atoms with Crippen molar-refractivity contribution in [2.75, 3.05) is 0 Å². The van der Waals surface area contributed by atoms with Gasteiger partial charge >= 0.3 is 0 Å². The second kappa shape index (κ2) is 4.32. The van der Waals surface area contributed by atoms with Gasteiger partial charge in [-0.25, -0.2) is 0 Å². The monoisotopic (exact) mass is 208 g/mol. The van der Waals surface area contributed by atoms with Crippen molar-refractivity contribution in [3.05, 3.63) is 55.8 Å². The molecule has 0 aliphatic carbocycles. The number of nitro groups is 2. The van der Waals surface area contributed by atoms with Crippen LogP contribution in [0, 0.1) is 27.2 Å². The number of nitro benzene ring substituents is 1. The first kappa shape index (κ1) is 10.8. The molecule has 78 valence electrons. The molecule has 0 N–H and O–H groups in total. The lowest BCUT2D eigenvalue weighted by molar-refractivity contribution is -0.401. The number of hydrogen-bond acceptors (Lipinski definition) is 4. The van der Waals surface area contributed by atoms with E-state index in [4.69, 9.17) is 0 Å². The molecule has 0 aliphatic rings. The van der Waals surface area contributed by atoms with Crippen molar-refractivity contribution in [2.45, 2.75) is 6.92 Å². The van der Waals surface area contributed by atoms with Crippen molar-refractivity contribution in [3.8, 4) is 0 Å². The predicted molar refractivity (Wildman–Crippen MR) is 53.9 cm³/mol. The minimum atomic E-state index is -0.661. The van der Waals surface area contributed by atoms with Crippen LogP contribution in [0.4, 0.5) is 5.69 Å². The van der Waals surface area contributed by atoms with Gasteiger partial charge in [0.1, 0.15) is 0 Å². The lowest BCUT2D eigenvalue weighted by Crippen LogP contribution is -1.92. The van der Waals surface area contributed by atoms with Crippen LogP contribution in [-0.4, -0.2) is 9.85 Å². The van der Waals surface area contributed by atoms with E-state index in [9.17, 15) is 20.2 Å². The lowest BCUT2D eigenvalue weighted by Gasteiger charge is -1.97. The number of aryl methyl sites for hydroxylation is 1. The molecule has 0 fully saturated rings. The summed E-state index contributed by atoms with van der Waals surface area (Å²) in [7, 11) is 0. The van der Waals surface area contributed by atoms with Gasteiger partial charge in [0.05, 0.1) is 15.4 Å². The van der Waals surface area contributed by atoms with Crippen LogP contribution in [0.1, 0.15) is 11.1 Å². The summed E-state index contributed by atoms with van der Waals surface area (Å²) in [6, 6.07) is 4.44. The smallest absolute Gasteiger partial charge is 0.259 e. The Balaban J connectivity index is 3.18. The quantitative estimate of drug-likeness (QED) is 0.562. The van der Waals surface area contributed by atoms with E-state index < -0.39 is 9.85 Å². The van der Waals surface area contributed by atoms with Gasteiger partial charge in [0, 0.05) is 12.1 Å². The van der Waals surface area contributed by atoms with Crippen LogP contribution in [0.2, 0.25) is 0 Å². The van der Waals surface area contributed by atoms with Crippen LogP contribution in [0.15, 0.2) is 24.4 Å². The van der Waals surface area contributed by atoms with E-state index in [2.05, 4.69) is 0 Å². The van der Waals surface area contributed by atoms with Crippen LogP contribution in [0.5, 0.6) is 0 Å². The molecule has 0 radical (unpaired) electrons. The van der Waals surface area contributed by atoms with Crippen LogP contribution >= 0.6 is 0 Å². The summed E-state index contributed by atoms with van der Waals surface area (Å²) in [5.41, 5.74) is 0.902. The molecule has 0 aromatic heterocycles. The Bertz CT molecular complexity index is 440. The Hall–Kier alpha value is -2.24. The highest BCUT2D eigenvalue weighted by Crippen LogP contribution is 2.20. The largest absolute Gasteiger partial charge is 0.276 e. The Kier molecular flexibility index (Phi) is 3.12. The van der Waals surface area contributed by atoms with Gasteiger partial charge in [-0.2, -0.15) is 0 Å². The standard InChI is InChI=1S/C9H8N2O4/c1-7-2-3-9(11(14)15)8(6-7)4-5-10(12)13/h2-6H,1H3/b5-4+. The maximum Gasteiger partial charge on any atom is 0.276 e. The molecule has 1 aromatic rings. The summed E-state index contributed by atoms with van der Waals surface area (Å²) < 4.78 is 0. The highest BCUT2D eigenvalue weighted by Gasteiger charge is 2.11. The van der Waals surface area contributed by atoms with Crippen molar-refractivity contribution in [1.82, 2.24) is 0 Å². The second-order valence-corrected chi connectivity index (χ2v) is 2.92. The third-order valence-corrected chi connectivity index (χ3v) is 1.76. The molecule has 0 saturated carbocycles. The fraction of sp³-hybridized carbons (Fsp3) is 0.111. The highest BCUT2D eigenvalue weighted by atomic mass is 16.6. The number of nitrogens with zero attached hydrogens (tertiary/aromatic N) is 2. The van der Waals surface area contributed by atoms with Crippen LogP contribution in [-0.2, 0) is 0 Å². The minimum Gasteiger partial charge on any atom is -0.259 e. The lowest BCUT2D eigenvalue weighted by atomic mass is 10.1. The maximum atomic E-state index is 10.6. The van der Waals surface area contributed by atoms with E-state index in [1.165, 1.54) is 12.1 Å². The molecule has 0 saturated heterocycles. The van der Waals surface area contributed by atoms with E-state index in [1.807, 2.05) is 0 Å². The summed E-state index contributed by atoms with van der Waals surface area (Å²) >= 11 is 0. The summed E-state index contributed by atoms with van der Waals surface area (Å²) in [5, 5.41) is 20.7. The molecule has 0 heterocycles. The molecule has 6 nitrogen and oxygen atoms in total. The second-order valence-electron chi connectivity index (χ2n) is 2.92. The molecule has 0 aliphatic heterocycles. The van der Waals surface area contributed by atoms with Gasteiger partial charge in [-0.15, -0.1) is 0 Å². The third-order valence-electron chi connectivity index (χ3n) is 1.76. The van der Waals surface area contributed by atoms with Gasteiger partial charge in [-0.1, -0.05) is 11.6 Å². The zero-order chi connectivity index (χ0) is 11.4. The Labute approximate surface area is 85.1 Å².